The van der Waals surface area contributed by atoms with Crippen LogP contribution in [0.15, 0.2) is 53.2 Å². The van der Waals surface area contributed by atoms with Crippen molar-refractivity contribution < 1.29 is 18.7 Å². The first-order valence-electron chi connectivity index (χ1n) is 9.96. The van der Waals surface area contributed by atoms with Crippen LogP contribution in [0.25, 0.3) is 0 Å². The maximum Gasteiger partial charge on any atom is 0.291 e. The van der Waals surface area contributed by atoms with Crippen LogP contribution in [0.3, 0.4) is 0 Å². The molecule has 0 aliphatic carbocycles. The molecular weight excluding hydrogens is 560 g/mol. The van der Waals surface area contributed by atoms with Gasteiger partial charge in [-0.15, -0.1) is 0 Å². The highest BCUT2D eigenvalue weighted by Gasteiger charge is 2.21. The number of rotatable bonds is 8. The summed E-state index contributed by atoms with van der Waals surface area (Å²) < 4.78 is 18.1. The summed E-state index contributed by atoms with van der Waals surface area (Å²) in [4.78, 5) is 12.6. The molecule has 0 saturated heterocycles. The molecule has 0 fully saturated rings. The Morgan fingerprint density at radius 2 is 1.74 bits per heavy atom. The van der Waals surface area contributed by atoms with Crippen molar-refractivity contribution in [3.63, 3.8) is 0 Å². The van der Waals surface area contributed by atoms with Crippen molar-refractivity contribution >= 4 is 69.6 Å². The van der Waals surface area contributed by atoms with E-state index in [1.165, 1.54) is 6.07 Å². The van der Waals surface area contributed by atoms with Gasteiger partial charge in [-0.05, 0) is 29.8 Å². The molecule has 0 atom stereocenters. The number of furan rings is 1. The van der Waals surface area contributed by atoms with Crippen LogP contribution in [-0.2, 0) is 13.2 Å². The third-order valence-electron chi connectivity index (χ3n) is 4.78. The Hall–Kier alpha value is -2.55. The number of ether oxygens (including phenoxy) is 2. The lowest BCUT2D eigenvalue weighted by Gasteiger charge is -2.12. The molecule has 4 rings (SSSR count). The predicted molar refractivity (Wildman–Crippen MR) is 137 cm³/mol. The second-order valence-corrected chi connectivity index (χ2v) is 9.08. The van der Waals surface area contributed by atoms with Gasteiger partial charge in [0.1, 0.15) is 28.2 Å². The lowest BCUT2D eigenvalue weighted by atomic mass is 10.2. The Morgan fingerprint density at radius 1 is 1.03 bits per heavy atom. The number of benzene rings is 2. The Labute approximate surface area is 225 Å². The zero-order valence-electron chi connectivity index (χ0n) is 18.0. The molecule has 2 heterocycles. The van der Waals surface area contributed by atoms with Crippen molar-refractivity contribution in [2.45, 2.75) is 13.2 Å². The van der Waals surface area contributed by atoms with Crippen LogP contribution in [0, 0.1) is 0 Å². The minimum Gasteiger partial charge on any atom is -0.497 e. The van der Waals surface area contributed by atoms with Crippen LogP contribution in [-0.4, -0.2) is 22.8 Å². The van der Waals surface area contributed by atoms with E-state index in [4.69, 9.17) is 71.9 Å². The second kappa shape index (κ2) is 11.0. The first-order chi connectivity index (χ1) is 16.8. The fourth-order valence-electron chi connectivity index (χ4n) is 3.10. The van der Waals surface area contributed by atoms with E-state index in [0.717, 1.165) is 11.3 Å². The van der Waals surface area contributed by atoms with Crippen molar-refractivity contribution in [1.82, 2.24) is 9.78 Å². The molecule has 0 aliphatic rings. The lowest BCUT2D eigenvalue weighted by Crippen LogP contribution is -2.10. The van der Waals surface area contributed by atoms with Gasteiger partial charge in [0.25, 0.3) is 5.91 Å². The minimum absolute atomic E-state index is 0.0153. The SMILES string of the molecule is COc1cccc(Cn2cc(NC(=O)c3ccc(COc4c(Cl)c(Cl)c(Cl)c(Cl)c4Cl)o3)cn2)c1. The van der Waals surface area contributed by atoms with E-state index in [1.807, 2.05) is 24.3 Å². The number of amides is 1. The summed E-state index contributed by atoms with van der Waals surface area (Å²) in [5.41, 5.74) is 1.51. The highest BCUT2D eigenvalue weighted by atomic mass is 35.5. The number of methoxy groups -OCH3 is 1. The summed E-state index contributed by atoms with van der Waals surface area (Å²) in [6.07, 6.45) is 3.26. The molecule has 0 aliphatic heterocycles. The number of aromatic nitrogens is 2. The first-order valence-corrected chi connectivity index (χ1v) is 11.9. The third kappa shape index (κ3) is 5.82. The average molecular weight is 576 g/mol. The number of hydrogen-bond donors (Lipinski definition) is 1. The number of hydrogen-bond acceptors (Lipinski definition) is 5. The van der Waals surface area contributed by atoms with Crippen molar-refractivity contribution in [1.29, 1.82) is 0 Å². The fraction of sp³-hybridized carbons (Fsp3) is 0.130. The maximum atomic E-state index is 12.6. The predicted octanol–water partition coefficient (Wildman–Crippen LogP) is 7.63. The molecule has 0 radical (unpaired) electrons. The number of nitrogens with zero attached hydrogens (tertiary/aromatic N) is 2. The van der Waals surface area contributed by atoms with E-state index >= 15 is 0 Å². The third-order valence-corrected chi connectivity index (χ3v) is 7.03. The van der Waals surface area contributed by atoms with E-state index in [-0.39, 0.29) is 43.2 Å². The first kappa shape index (κ1) is 25.5. The maximum absolute atomic E-state index is 12.6. The summed E-state index contributed by atoms with van der Waals surface area (Å²) in [6, 6.07) is 10.7. The molecule has 4 aromatic rings. The van der Waals surface area contributed by atoms with Gasteiger partial charge < -0.3 is 19.2 Å². The Kier molecular flexibility index (Phi) is 8.04. The molecule has 0 spiro atoms. The molecule has 7 nitrogen and oxygen atoms in total. The number of nitrogens with one attached hydrogen (secondary N) is 1. The van der Waals surface area contributed by atoms with Gasteiger partial charge >= 0.3 is 0 Å². The molecule has 1 N–H and O–H groups in total. The summed E-state index contributed by atoms with van der Waals surface area (Å²) in [7, 11) is 1.61. The molecule has 12 heteroatoms. The van der Waals surface area contributed by atoms with E-state index in [2.05, 4.69) is 10.4 Å². The van der Waals surface area contributed by atoms with Crippen LogP contribution in [0.5, 0.6) is 11.5 Å². The van der Waals surface area contributed by atoms with Crippen LogP contribution in [0.4, 0.5) is 5.69 Å². The van der Waals surface area contributed by atoms with Gasteiger partial charge in [-0.1, -0.05) is 70.1 Å². The smallest absolute Gasteiger partial charge is 0.291 e. The summed E-state index contributed by atoms with van der Waals surface area (Å²) in [6.45, 7) is 0.429. The quantitative estimate of drug-likeness (QED) is 0.173. The lowest BCUT2D eigenvalue weighted by molar-refractivity contribution is 0.0992. The largest absolute Gasteiger partial charge is 0.497 e. The standard InChI is InChI=1S/C23H16Cl5N3O4/c1-33-14-4-2-3-12(7-14)9-31-10-13(8-29-31)30-23(32)16-6-5-15(35-16)11-34-22-20(27)18(25)17(24)19(26)21(22)28/h2-8,10H,9,11H2,1H3,(H,30,32). The summed E-state index contributed by atoms with van der Waals surface area (Å²) in [5, 5.41) is 7.11. The highest BCUT2D eigenvalue weighted by Crippen LogP contribution is 2.48. The van der Waals surface area contributed by atoms with Gasteiger partial charge in [0.2, 0.25) is 0 Å². The highest BCUT2D eigenvalue weighted by molar-refractivity contribution is 6.55. The van der Waals surface area contributed by atoms with Crippen molar-refractivity contribution in [3.8, 4) is 11.5 Å². The van der Waals surface area contributed by atoms with E-state index in [9.17, 15) is 4.79 Å². The van der Waals surface area contributed by atoms with Gasteiger partial charge in [-0.25, -0.2) is 0 Å². The molecule has 2 aromatic heterocycles. The molecule has 0 unspecified atom stereocenters. The topological polar surface area (TPSA) is 78.5 Å². The molecular formula is C23H16Cl5N3O4. The zero-order chi connectivity index (χ0) is 25.1. The van der Waals surface area contributed by atoms with Gasteiger partial charge in [-0.2, -0.15) is 5.10 Å². The molecule has 35 heavy (non-hydrogen) atoms. The molecule has 1 amide bonds. The van der Waals surface area contributed by atoms with E-state index < -0.39 is 5.91 Å². The minimum atomic E-state index is -0.453. The van der Waals surface area contributed by atoms with Crippen molar-refractivity contribution in [3.05, 3.63) is 91.0 Å². The summed E-state index contributed by atoms with van der Waals surface area (Å²) in [5.74, 6) is 0.781. The fourth-order valence-corrected chi connectivity index (χ4v) is 4.33. The van der Waals surface area contributed by atoms with Gasteiger partial charge in [0, 0.05) is 6.20 Å². The van der Waals surface area contributed by atoms with Gasteiger partial charge in [0.05, 0.1) is 40.6 Å². The van der Waals surface area contributed by atoms with Crippen LogP contribution in [0.1, 0.15) is 21.9 Å². The van der Waals surface area contributed by atoms with Crippen LogP contribution in [0.2, 0.25) is 25.1 Å². The Bertz CT molecular complexity index is 1360. The van der Waals surface area contributed by atoms with Gasteiger partial charge in [-0.3, -0.25) is 9.48 Å². The molecule has 0 bridgehead atoms. The average Bonchev–Trinajstić information content (AvgIpc) is 3.51. The number of anilines is 1. The Balaban J connectivity index is 1.38. The molecule has 182 valence electrons. The monoisotopic (exact) mass is 573 g/mol. The van der Waals surface area contributed by atoms with Crippen LogP contribution >= 0.6 is 58.0 Å². The second-order valence-electron chi connectivity index (χ2n) is 7.19. The van der Waals surface area contributed by atoms with E-state index in [1.54, 1.807) is 30.3 Å². The molecule has 0 saturated carbocycles. The van der Waals surface area contributed by atoms with Crippen molar-refractivity contribution in [2.75, 3.05) is 12.4 Å². The van der Waals surface area contributed by atoms with Crippen LogP contribution < -0.4 is 14.8 Å². The summed E-state index contributed by atoms with van der Waals surface area (Å²) >= 11 is 30.4. The Morgan fingerprint density at radius 3 is 2.46 bits per heavy atom. The zero-order valence-corrected chi connectivity index (χ0v) is 21.7. The number of carbonyl (C=O) groups is 1. The van der Waals surface area contributed by atoms with E-state index in [0.29, 0.717) is 18.0 Å². The normalized spacial score (nSPS) is 10.9. The number of carbonyl (C=O) groups excluding carboxylic acids is 1. The molecule has 2 aromatic carbocycles. The van der Waals surface area contributed by atoms with Crippen molar-refractivity contribution in [2.24, 2.45) is 0 Å². The number of halogens is 5. The van der Waals surface area contributed by atoms with Gasteiger partial charge in [0.15, 0.2) is 11.5 Å².